The van der Waals surface area contributed by atoms with E-state index in [9.17, 15) is 8.78 Å². The number of hydrogen-bond donors (Lipinski definition) is 2. The largest absolute Gasteiger partial charge is 0.371 e. The first-order valence-electron chi connectivity index (χ1n) is 9.51. The summed E-state index contributed by atoms with van der Waals surface area (Å²) in [6.45, 7) is 8.47. The molecule has 0 saturated carbocycles. The fraction of sp³-hybridized carbons (Fsp3) is 0.824. The molecule has 154 valence electrons. The van der Waals surface area contributed by atoms with E-state index in [1.54, 1.807) is 4.90 Å². The van der Waals surface area contributed by atoms with Gasteiger partial charge in [0, 0.05) is 32.3 Å². The summed E-state index contributed by atoms with van der Waals surface area (Å²) in [4.78, 5) is 10.6. The molecule has 0 aliphatic carbocycles. The second-order valence-electron chi connectivity index (χ2n) is 6.45. The zero-order valence-electron chi connectivity index (χ0n) is 16.3. The molecular formula is C17H30F2N6O2. The molecule has 1 unspecified atom stereocenters. The molecule has 1 aromatic heterocycles. The van der Waals surface area contributed by atoms with Crippen LogP contribution in [0.2, 0.25) is 0 Å². The van der Waals surface area contributed by atoms with Crippen LogP contribution < -0.4 is 10.6 Å². The van der Waals surface area contributed by atoms with E-state index in [2.05, 4.69) is 25.8 Å². The molecule has 1 atom stereocenters. The van der Waals surface area contributed by atoms with E-state index < -0.39 is 6.43 Å². The molecule has 8 nitrogen and oxygen atoms in total. The van der Waals surface area contributed by atoms with E-state index in [4.69, 9.17) is 9.26 Å². The van der Waals surface area contributed by atoms with Crippen LogP contribution >= 0.6 is 0 Å². The number of alkyl halides is 2. The van der Waals surface area contributed by atoms with Crippen molar-refractivity contribution in [1.29, 1.82) is 0 Å². The fourth-order valence-electron chi connectivity index (χ4n) is 2.94. The van der Waals surface area contributed by atoms with Crippen molar-refractivity contribution >= 4 is 5.96 Å². The van der Waals surface area contributed by atoms with E-state index in [1.807, 2.05) is 20.8 Å². The molecule has 0 aromatic carbocycles. The van der Waals surface area contributed by atoms with Gasteiger partial charge in [-0.2, -0.15) is 4.98 Å². The Morgan fingerprint density at radius 1 is 1.37 bits per heavy atom. The van der Waals surface area contributed by atoms with E-state index in [-0.39, 0.29) is 25.2 Å². The lowest BCUT2D eigenvalue weighted by Crippen LogP contribution is -2.49. The summed E-state index contributed by atoms with van der Waals surface area (Å²) in [6.07, 6.45) is -0.902. The topological polar surface area (TPSA) is 87.8 Å². The molecule has 1 saturated heterocycles. The van der Waals surface area contributed by atoms with Gasteiger partial charge in [0.1, 0.15) is 12.6 Å². The lowest BCUT2D eigenvalue weighted by Gasteiger charge is -2.32. The standard InChI is InChI=1S/C17H30F2N6O2/c1-4-20-17(22-13-6-8-25(9-7-13)11-14(18)19)21-10-15-23-16(24-27-15)12(3)26-5-2/h12-14H,4-11H2,1-3H3,(H2,20,21,22). The third-order valence-electron chi connectivity index (χ3n) is 4.31. The third kappa shape index (κ3) is 7.37. The van der Waals surface area contributed by atoms with Crippen LogP contribution in [0.4, 0.5) is 8.78 Å². The number of hydrogen-bond acceptors (Lipinski definition) is 6. The van der Waals surface area contributed by atoms with Gasteiger partial charge in [0.2, 0.25) is 5.89 Å². The summed E-state index contributed by atoms with van der Waals surface area (Å²) in [7, 11) is 0. The second-order valence-corrected chi connectivity index (χ2v) is 6.45. The minimum absolute atomic E-state index is 0.152. The van der Waals surface area contributed by atoms with Gasteiger partial charge in [-0.1, -0.05) is 5.16 Å². The highest BCUT2D eigenvalue weighted by Crippen LogP contribution is 2.14. The molecule has 0 bridgehead atoms. The third-order valence-corrected chi connectivity index (χ3v) is 4.31. The Morgan fingerprint density at radius 2 is 2.11 bits per heavy atom. The molecule has 10 heteroatoms. The van der Waals surface area contributed by atoms with Crippen LogP contribution in [0.25, 0.3) is 0 Å². The van der Waals surface area contributed by atoms with E-state index in [0.29, 0.717) is 43.9 Å². The van der Waals surface area contributed by atoms with Crippen molar-refractivity contribution in [3.63, 3.8) is 0 Å². The molecule has 1 aliphatic heterocycles. The van der Waals surface area contributed by atoms with Gasteiger partial charge < -0.3 is 19.9 Å². The summed E-state index contributed by atoms with van der Waals surface area (Å²) in [6, 6.07) is 0.202. The number of nitrogens with one attached hydrogen (secondary N) is 2. The van der Waals surface area contributed by atoms with Gasteiger partial charge in [0.05, 0.1) is 6.54 Å². The van der Waals surface area contributed by atoms with Gasteiger partial charge in [-0.25, -0.2) is 13.8 Å². The van der Waals surface area contributed by atoms with Crippen LogP contribution in [0, 0.1) is 0 Å². The van der Waals surface area contributed by atoms with Crippen molar-refractivity contribution in [2.24, 2.45) is 4.99 Å². The quantitative estimate of drug-likeness (QED) is 0.494. The van der Waals surface area contributed by atoms with Gasteiger partial charge in [0.25, 0.3) is 6.43 Å². The molecule has 0 spiro atoms. The molecule has 27 heavy (non-hydrogen) atoms. The van der Waals surface area contributed by atoms with Crippen molar-refractivity contribution < 1.29 is 18.0 Å². The summed E-state index contributed by atoms with van der Waals surface area (Å²) >= 11 is 0. The highest BCUT2D eigenvalue weighted by Gasteiger charge is 2.22. The minimum Gasteiger partial charge on any atom is -0.371 e. The van der Waals surface area contributed by atoms with Crippen molar-refractivity contribution in [3.05, 3.63) is 11.7 Å². The summed E-state index contributed by atoms with van der Waals surface area (Å²) < 4.78 is 35.6. The number of guanidine groups is 1. The Labute approximate surface area is 158 Å². The molecule has 0 amide bonds. The van der Waals surface area contributed by atoms with Crippen molar-refractivity contribution in [1.82, 2.24) is 25.7 Å². The van der Waals surface area contributed by atoms with E-state index in [1.165, 1.54) is 0 Å². The lowest BCUT2D eigenvalue weighted by atomic mass is 10.1. The maximum Gasteiger partial charge on any atom is 0.251 e. The molecule has 2 rings (SSSR count). The van der Waals surface area contributed by atoms with Crippen LogP contribution in [-0.2, 0) is 11.3 Å². The van der Waals surface area contributed by atoms with Crippen molar-refractivity contribution in [2.45, 2.75) is 58.7 Å². The predicted octanol–water partition coefficient (Wildman–Crippen LogP) is 1.95. The minimum atomic E-state index is -2.28. The van der Waals surface area contributed by atoms with Crippen LogP contribution in [0.1, 0.15) is 51.4 Å². The highest BCUT2D eigenvalue weighted by molar-refractivity contribution is 5.80. The van der Waals surface area contributed by atoms with Gasteiger partial charge in [-0.3, -0.25) is 4.90 Å². The molecule has 2 N–H and O–H groups in total. The second kappa shape index (κ2) is 11.1. The molecule has 0 radical (unpaired) electrons. The maximum atomic E-state index is 12.5. The monoisotopic (exact) mass is 388 g/mol. The van der Waals surface area contributed by atoms with Crippen LogP contribution in [0.15, 0.2) is 9.52 Å². The number of likely N-dealkylation sites (tertiary alicyclic amines) is 1. The fourth-order valence-corrected chi connectivity index (χ4v) is 2.94. The zero-order chi connectivity index (χ0) is 19.6. The molecule has 1 fully saturated rings. The first-order valence-corrected chi connectivity index (χ1v) is 9.51. The highest BCUT2D eigenvalue weighted by atomic mass is 19.3. The predicted molar refractivity (Wildman–Crippen MR) is 97.8 cm³/mol. The number of nitrogens with zero attached hydrogens (tertiary/aromatic N) is 4. The van der Waals surface area contributed by atoms with Crippen molar-refractivity contribution in [3.8, 4) is 0 Å². The number of piperidine rings is 1. The van der Waals surface area contributed by atoms with Gasteiger partial charge in [0.15, 0.2) is 11.8 Å². The Morgan fingerprint density at radius 3 is 2.74 bits per heavy atom. The number of aromatic nitrogens is 2. The van der Waals surface area contributed by atoms with Crippen LogP contribution in [0.5, 0.6) is 0 Å². The molecule has 1 aromatic rings. The molecule has 2 heterocycles. The van der Waals surface area contributed by atoms with Crippen LogP contribution in [-0.4, -0.2) is 66.3 Å². The summed E-state index contributed by atoms with van der Waals surface area (Å²) in [5.41, 5.74) is 0. The zero-order valence-corrected chi connectivity index (χ0v) is 16.3. The van der Waals surface area contributed by atoms with E-state index >= 15 is 0 Å². The number of aliphatic imine (C=N–C) groups is 1. The van der Waals surface area contributed by atoms with Crippen LogP contribution in [0.3, 0.4) is 0 Å². The maximum absolute atomic E-state index is 12.5. The lowest BCUT2D eigenvalue weighted by molar-refractivity contribution is 0.0683. The first kappa shape index (κ1) is 21.5. The Bertz CT molecular complexity index is 576. The van der Waals surface area contributed by atoms with Gasteiger partial charge >= 0.3 is 0 Å². The Balaban J connectivity index is 1.86. The molecular weight excluding hydrogens is 358 g/mol. The first-order chi connectivity index (χ1) is 13.0. The summed E-state index contributed by atoms with van der Waals surface area (Å²) in [5.74, 6) is 1.58. The van der Waals surface area contributed by atoms with Gasteiger partial charge in [-0.15, -0.1) is 0 Å². The smallest absolute Gasteiger partial charge is 0.251 e. The van der Waals surface area contributed by atoms with E-state index in [0.717, 1.165) is 12.8 Å². The summed E-state index contributed by atoms with van der Waals surface area (Å²) in [5, 5.41) is 10.5. The van der Waals surface area contributed by atoms with Gasteiger partial charge in [-0.05, 0) is 33.6 Å². The Kier molecular flexibility index (Phi) is 8.86. The average Bonchev–Trinajstić information content (AvgIpc) is 3.10. The Hall–Kier alpha value is -1.81. The number of ether oxygens (including phenoxy) is 1. The number of halogens is 2. The SMILES string of the molecule is CCNC(=NCc1nc(C(C)OCC)no1)NC1CCN(CC(F)F)CC1. The van der Waals surface area contributed by atoms with Crippen molar-refractivity contribution in [2.75, 3.05) is 32.8 Å². The normalized spacial score (nSPS) is 18.1. The molecule has 1 aliphatic rings. The average molecular weight is 388 g/mol. The number of rotatable bonds is 9.